The molecule has 1 unspecified atom stereocenters. The molecule has 47 heavy (non-hydrogen) atoms. The first-order chi connectivity index (χ1) is 22.4. The smallest absolute Gasteiger partial charge is 0.407 e. The standard InChI is InChI=1S/C31H42FN5O6.C2H6.CH4S/c1-8-35-17-19(2)37-25-20(3)34-36(28(38)24(25)27(41-7)26(37)29(35)39)18-21-12-13-22(32)16-23(21)42-15-11-9-10-14-33-30(40)43-31(4,5)6;2*1-2/h12-13,16,19H,8-11,14-15,17-18H2,1-7H3,(H,33,40);1-2H3;2H,1H3. The van der Waals surface area contributed by atoms with Gasteiger partial charge in [-0.05, 0) is 73.1 Å². The summed E-state index contributed by atoms with van der Waals surface area (Å²) in [4.78, 5) is 40.6. The molecular formula is C34H52FN5O6S. The van der Waals surface area contributed by atoms with Crippen molar-refractivity contribution < 1.29 is 28.2 Å². The maximum absolute atomic E-state index is 14.2. The fourth-order valence-electron chi connectivity index (χ4n) is 5.42. The minimum atomic E-state index is -0.548. The average molecular weight is 678 g/mol. The van der Waals surface area contributed by atoms with E-state index in [1.54, 1.807) is 24.1 Å². The Balaban J connectivity index is 0.00000185. The summed E-state index contributed by atoms with van der Waals surface area (Å²) in [7, 11) is 1.46. The van der Waals surface area contributed by atoms with Gasteiger partial charge in [-0.1, -0.05) is 19.9 Å². The third kappa shape index (κ3) is 9.65. The number of fused-ring (bicyclic) bond motifs is 3. The molecule has 2 amide bonds. The number of nitrogens with one attached hydrogen (secondary N) is 1. The number of halogens is 1. The van der Waals surface area contributed by atoms with Crippen LogP contribution >= 0.6 is 12.6 Å². The third-order valence-corrected chi connectivity index (χ3v) is 7.32. The molecule has 13 heteroatoms. The number of aromatic nitrogens is 3. The molecule has 1 atom stereocenters. The molecule has 4 rings (SSSR count). The van der Waals surface area contributed by atoms with Crippen molar-refractivity contribution in [1.29, 1.82) is 0 Å². The lowest BCUT2D eigenvalue weighted by Gasteiger charge is -2.32. The number of alkyl carbamates (subject to hydrolysis) is 1. The monoisotopic (exact) mass is 677 g/mol. The Morgan fingerprint density at radius 3 is 2.45 bits per heavy atom. The zero-order valence-corrected chi connectivity index (χ0v) is 30.4. The van der Waals surface area contributed by atoms with E-state index in [1.807, 2.05) is 53.0 Å². The quantitative estimate of drug-likeness (QED) is 0.179. The van der Waals surface area contributed by atoms with E-state index in [0.29, 0.717) is 66.3 Å². The van der Waals surface area contributed by atoms with Crippen LogP contribution in [0.25, 0.3) is 10.9 Å². The van der Waals surface area contributed by atoms with Crippen molar-refractivity contribution in [1.82, 2.24) is 24.6 Å². The van der Waals surface area contributed by atoms with Gasteiger partial charge in [-0.15, -0.1) is 0 Å². The lowest BCUT2D eigenvalue weighted by Crippen LogP contribution is -2.42. The molecule has 3 heterocycles. The van der Waals surface area contributed by atoms with Crippen molar-refractivity contribution in [2.75, 3.05) is 39.6 Å². The van der Waals surface area contributed by atoms with Gasteiger partial charge in [-0.25, -0.2) is 13.9 Å². The molecule has 0 radical (unpaired) electrons. The van der Waals surface area contributed by atoms with Crippen LogP contribution in [0.1, 0.15) is 95.5 Å². The number of carbonyl (C=O) groups excluding carboxylic acids is 2. The molecule has 262 valence electrons. The van der Waals surface area contributed by atoms with Crippen molar-refractivity contribution >= 4 is 35.5 Å². The number of aryl methyl sites for hydroxylation is 1. The molecule has 0 fully saturated rings. The molecule has 0 spiro atoms. The number of thiol groups is 1. The summed E-state index contributed by atoms with van der Waals surface area (Å²) in [6, 6.07) is 4.13. The third-order valence-electron chi connectivity index (χ3n) is 7.32. The summed E-state index contributed by atoms with van der Waals surface area (Å²) in [5.41, 5.74) is 1.15. The fraction of sp³-hybridized carbons (Fsp3) is 0.588. The maximum Gasteiger partial charge on any atom is 0.407 e. The normalized spacial score (nSPS) is 14.0. The largest absolute Gasteiger partial charge is 0.493 e. The number of benzene rings is 1. The summed E-state index contributed by atoms with van der Waals surface area (Å²) in [6.07, 6.45) is 3.44. The van der Waals surface area contributed by atoms with Gasteiger partial charge in [0.05, 0.1) is 31.5 Å². The lowest BCUT2D eigenvalue weighted by molar-refractivity contribution is 0.0526. The van der Waals surface area contributed by atoms with Crippen molar-refractivity contribution in [3.63, 3.8) is 0 Å². The van der Waals surface area contributed by atoms with Gasteiger partial charge in [0, 0.05) is 37.3 Å². The van der Waals surface area contributed by atoms with E-state index in [1.165, 1.54) is 23.9 Å². The number of unbranched alkanes of at least 4 members (excludes halogenated alkanes) is 2. The van der Waals surface area contributed by atoms with Crippen LogP contribution in [0.3, 0.4) is 0 Å². The zero-order chi connectivity index (χ0) is 35.5. The molecule has 2 aromatic heterocycles. The number of amides is 2. The zero-order valence-electron chi connectivity index (χ0n) is 29.5. The number of rotatable bonds is 11. The van der Waals surface area contributed by atoms with E-state index in [9.17, 15) is 18.8 Å². The van der Waals surface area contributed by atoms with Crippen LogP contribution in [0.15, 0.2) is 23.0 Å². The van der Waals surface area contributed by atoms with Crippen LogP contribution in [-0.4, -0.2) is 76.5 Å². The van der Waals surface area contributed by atoms with E-state index in [0.717, 1.165) is 12.8 Å². The van der Waals surface area contributed by atoms with E-state index in [2.05, 4.69) is 23.0 Å². The molecule has 1 aliphatic rings. The first-order valence-electron chi connectivity index (χ1n) is 16.2. The van der Waals surface area contributed by atoms with Crippen LogP contribution in [0.2, 0.25) is 0 Å². The van der Waals surface area contributed by atoms with Crippen molar-refractivity contribution in [2.24, 2.45) is 0 Å². The predicted molar refractivity (Wildman–Crippen MR) is 187 cm³/mol. The number of carbonyl (C=O) groups is 2. The summed E-state index contributed by atoms with van der Waals surface area (Å²) >= 11 is 3.53. The van der Waals surface area contributed by atoms with Gasteiger partial charge in [0.15, 0.2) is 11.4 Å². The molecule has 1 aromatic carbocycles. The second kappa shape index (κ2) is 18.0. The van der Waals surface area contributed by atoms with E-state index >= 15 is 0 Å². The fourth-order valence-corrected chi connectivity index (χ4v) is 5.42. The van der Waals surface area contributed by atoms with Gasteiger partial charge in [-0.2, -0.15) is 17.7 Å². The summed E-state index contributed by atoms with van der Waals surface area (Å²) in [6.45, 7) is 17.1. The minimum absolute atomic E-state index is 0.0410. The summed E-state index contributed by atoms with van der Waals surface area (Å²) in [5.74, 6) is -0.0781. The molecular weight excluding hydrogens is 625 g/mol. The van der Waals surface area contributed by atoms with Crippen molar-refractivity contribution in [3.05, 3.63) is 51.3 Å². The summed E-state index contributed by atoms with van der Waals surface area (Å²) in [5, 5.41) is 7.61. The highest BCUT2D eigenvalue weighted by atomic mass is 32.1. The predicted octanol–water partition coefficient (Wildman–Crippen LogP) is 6.39. The van der Waals surface area contributed by atoms with Crippen LogP contribution in [0, 0.1) is 12.7 Å². The molecule has 0 saturated carbocycles. The van der Waals surface area contributed by atoms with Crippen LogP contribution in [0.4, 0.5) is 9.18 Å². The Morgan fingerprint density at radius 2 is 1.83 bits per heavy atom. The number of hydrogen-bond donors (Lipinski definition) is 2. The highest BCUT2D eigenvalue weighted by Gasteiger charge is 2.36. The summed E-state index contributed by atoms with van der Waals surface area (Å²) < 4.78 is 34.2. The highest BCUT2D eigenvalue weighted by Crippen LogP contribution is 2.38. The number of ether oxygens (including phenoxy) is 3. The van der Waals surface area contributed by atoms with Gasteiger partial charge in [0.1, 0.15) is 22.6 Å². The molecule has 0 aliphatic carbocycles. The maximum atomic E-state index is 14.2. The molecule has 0 bridgehead atoms. The Bertz CT molecular complexity index is 1570. The Hall–Kier alpha value is -3.74. The van der Waals surface area contributed by atoms with Crippen molar-refractivity contribution in [2.45, 2.75) is 92.8 Å². The van der Waals surface area contributed by atoms with Crippen LogP contribution < -0.4 is 20.3 Å². The van der Waals surface area contributed by atoms with E-state index in [-0.39, 0.29) is 24.2 Å². The first-order valence-corrected chi connectivity index (χ1v) is 17.1. The number of nitrogens with zero attached hydrogens (tertiary/aromatic N) is 4. The SMILES string of the molecule is CC.CCN1CC(C)n2c(c(OC)c3c(=O)n(Cc4ccc(F)cc4OCCCCCNC(=O)OC(C)(C)C)nc(C)c32)C1=O.CS. The lowest BCUT2D eigenvalue weighted by atomic mass is 10.2. The second-order valence-corrected chi connectivity index (χ2v) is 11.8. The van der Waals surface area contributed by atoms with E-state index in [4.69, 9.17) is 14.2 Å². The molecule has 11 nitrogen and oxygen atoms in total. The highest BCUT2D eigenvalue weighted by molar-refractivity contribution is 7.79. The number of methoxy groups -OCH3 is 1. The van der Waals surface area contributed by atoms with Gasteiger partial charge < -0.3 is 29.0 Å². The van der Waals surface area contributed by atoms with Gasteiger partial charge >= 0.3 is 6.09 Å². The Labute approximate surface area is 283 Å². The van der Waals surface area contributed by atoms with Crippen molar-refractivity contribution in [3.8, 4) is 11.5 Å². The van der Waals surface area contributed by atoms with Crippen LogP contribution in [0.5, 0.6) is 11.5 Å². The Kier molecular flexibility index (Phi) is 15.1. The van der Waals surface area contributed by atoms with Gasteiger partial charge in [0.2, 0.25) is 0 Å². The number of hydrogen-bond acceptors (Lipinski definition) is 8. The molecule has 0 saturated heterocycles. The Morgan fingerprint density at radius 1 is 1.15 bits per heavy atom. The van der Waals surface area contributed by atoms with Crippen LogP contribution in [-0.2, 0) is 11.3 Å². The average Bonchev–Trinajstić information content (AvgIpc) is 3.40. The topological polar surface area (TPSA) is 117 Å². The first kappa shape index (κ1) is 39.4. The van der Waals surface area contributed by atoms with Gasteiger partial charge in [0.25, 0.3) is 11.5 Å². The number of likely N-dealkylation sites (N-methyl/N-ethyl adjacent to an activating group) is 1. The van der Waals surface area contributed by atoms with E-state index < -0.39 is 23.1 Å². The molecule has 1 N–H and O–H groups in total. The minimum Gasteiger partial charge on any atom is -0.493 e. The molecule has 1 aliphatic heterocycles. The molecule has 3 aromatic rings. The second-order valence-electron chi connectivity index (χ2n) is 11.8. The van der Waals surface area contributed by atoms with Gasteiger partial charge in [-0.3, -0.25) is 9.59 Å².